The van der Waals surface area contributed by atoms with Gasteiger partial charge in [0.15, 0.2) is 9.84 Å². The molecule has 0 saturated carbocycles. The van der Waals surface area contributed by atoms with Gasteiger partial charge in [-0.2, -0.15) is 0 Å². The van der Waals surface area contributed by atoms with Gasteiger partial charge in [0.05, 0.1) is 4.90 Å². The third-order valence-electron chi connectivity index (χ3n) is 3.38. The highest BCUT2D eigenvalue weighted by atomic mass is 32.2. The van der Waals surface area contributed by atoms with Crippen molar-refractivity contribution in [2.45, 2.75) is 25.2 Å². The zero-order valence-corrected chi connectivity index (χ0v) is 12.2. The lowest BCUT2D eigenvalue weighted by atomic mass is 9.99. The number of H-pyrrole nitrogens is 1. The van der Waals surface area contributed by atoms with Crippen LogP contribution in [-0.4, -0.2) is 31.4 Å². The summed E-state index contributed by atoms with van der Waals surface area (Å²) in [5, 5.41) is 10.1. The molecule has 1 unspecified atom stereocenters. The molecule has 0 radical (unpaired) electrons. The molecule has 0 aliphatic heterocycles. The fourth-order valence-corrected chi connectivity index (χ4v) is 2.92. The molecular weight excluding hydrogens is 262 g/mol. The van der Waals surface area contributed by atoms with E-state index in [-0.39, 0.29) is 12.5 Å². The van der Waals surface area contributed by atoms with E-state index < -0.39 is 9.84 Å². The lowest BCUT2D eigenvalue weighted by molar-refractivity contribution is 0.237. The number of aromatic nitrogens is 1. The van der Waals surface area contributed by atoms with E-state index >= 15 is 0 Å². The van der Waals surface area contributed by atoms with Crippen molar-refractivity contribution in [2.24, 2.45) is 5.92 Å². The smallest absolute Gasteiger partial charge is 0.175 e. The molecule has 1 aromatic heterocycles. The molecule has 0 bridgehead atoms. The Morgan fingerprint density at radius 2 is 2.05 bits per heavy atom. The van der Waals surface area contributed by atoms with Crippen LogP contribution in [0.1, 0.15) is 18.2 Å². The van der Waals surface area contributed by atoms with E-state index in [1.165, 1.54) is 6.26 Å². The van der Waals surface area contributed by atoms with Crippen LogP contribution in [0.15, 0.2) is 23.1 Å². The second kappa shape index (κ2) is 4.98. The highest BCUT2D eigenvalue weighted by Gasteiger charge is 2.14. The molecular formula is C14H19NO3S. The number of aryl methyl sites for hydroxylation is 1. The summed E-state index contributed by atoms with van der Waals surface area (Å²) in [6.07, 6.45) is 1.94. The van der Waals surface area contributed by atoms with Crippen molar-refractivity contribution in [2.75, 3.05) is 12.9 Å². The summed E-state index contributed by atoms with van der Waals surface area (Å²) in [7, 11) is -3.20. The lowest BCUT2D eigenvalue weighted by Gasteiger charge is -2.08. The Morgan fingerprint density at radius 1 is 1.37 bits per heavy atom. The Kier molecular flexibility index (Phi) is 3.69. The van der Waals surface area contributed by atoms with E-state index in [2.05, 4.69) is 4.98 Å². The van der Waals surface area contributed by atoms with Crippen LogP contribution in [0.2, 0.25) is 0 Å². The predicted molar refractivity (Wildman–Crippen MR) is 76.1 cm³/mol. The Balaban J connectivity index is 2.59. The number of sulfone groups is 1. The zero-order chi connectivity index (χ0) is 14.2. The predicted octanol–water partition coefficient (Wildman–Crippen LogP) is 2.05. The summed E-state index contributed by atoms with van der Waals surface area (Å²) in [4.78, 5) is 3.59. The molecule has 104 valence electrons. The minimum Gasteiger partial charge on any atom is -0.396 e. The first-order chi connectivity index (χ1) is 8.82. The van der Waals surface area contributed by atoms with Gasteiger partial charge in [0.2, 0.25) is 0 Å². The normalized spacial score (nSPS) is 13.9. The average molecular weight is 281 g/mol. The van der Waals surface area contributed by atoms with Gasteiger partial charge in [0.25, 0.3) is 0 Å². The lowest BCUT2D eigenvalue weighted by Crippen LogP contribution is -2.05. The number of hydrogen-bond acceptors (Lipinski definition) is 3. The molecule has 2 rings (SSSR count). The summed E-state index contributed by atoms with van der Waals surface area (Å²) < 4.78 is 23.2. The molecule has 0 spiro atoms. The summed E-state index contributed by atoms with van der Waals surface area (Å²) in [5.74, 6) is 0.152. The van der Waals surface area contributed by atoms with E-state index in [1.807, 2.05) is 13.8 Å². The number of fused-ring (bicyclic) bond motifs is 1. The van der Waals surface area contributed by atoms with E-state index in [0.29, 0.717) is 4.90 Å². The number of aliphatic hydroxyl groups is 1. The van der Waals surface area contributed by atoms with Gasteiger partial charge in [-0.1, -0.05) is 6.92 Å². The van der Waals surface area contributed by atoms with Crippen molar-refractivity contribution in [3.8, 4) is 0 Å². The average Bonchev–Trinajstić information content (AvgIpc) is 2.64. The third kappa shape index (κ3) is 2.82. The van der Waals surface area contributed by atoms with Gasteiger partial charge in [0.1, 0.15) is 0 Å². The standard InChI is InChI=1S/C14H19NO3S/c1-9(8-16)6-12-10(2)15-14-5-4-11(7-13(12)14)19(3,17)18/h4-5,7,9,15-16H,6,8H2,1-3H3. The highest BCUT2D eigenvalue weighted by Crippen LogP contribution is 2.27. The van der Waals surface area contributed by atoms with E-state index in [4.69, 9.17) is 0 Å². The second-order valence-electron chi connectivity index (χ2n) is 5.20. The molecule has 5 heteroatoms. The Hall–Kier alpha value is -1.33. The fraction of sp³-hybridized carbons (Fsp3) is 0.429. The molecule has 0 aliphatic carbocycles. The Labute approximate surface area is 113 Å². The van der Waals surface area contributed by atoms with Gasteiger partial charge in [-0.25, -0.2) is 8.42 Å². The SMILES string of the molecule is Cc1[nH]c2ccc(S(C)(=O)=O)cc2c1CC(C)CO. The molecule has 0 amide bonds. The van der Waals surface area contributed by atoms with Crippen molar-refractivity contribution in [1.82, 2.24) is 4.98 Å². The number of rotatable bonds is 4. The molecule has 1 aromatic carbocycles. The molecule has 0 fully saturated rings. The van der Waals surface area contributed by atoms with Crippen LogP contribution in [-0.2, 0) is 16.3 Å². The maximum absolute atomic E-state index is 11.6. The van der Waals surface area contributed by atoms with Gasteiger partial charge in [-0.05, 0) is 43.0 Å². The van der Waals surface area contributed by atoms with Gasteiger partial charge < -0.3 is 10.1 Å². The Bertz CT molecular complexity index is 701. The largest absolute Gasteiger partial charge is 0.396 e. The van der Waals surface area contributed by atoms with Crippen LogP contribution < -0.4 is 0 Å². The monoisotopic (exact) mass is 281 g/mol. The second-order valence-corrected chi connectivity index (χ2v) is 7.22. The van der Waals surface area contributed by atoms with Crippen molar-refractivity contribution in [3.05, 3.63) is 29.5 Å². The number of aliphatic hydroxyl groups excluding tert-OH is 1. The molecule has 2 N–H and O–H groups in total. The summed E-state index contributed by atoms with van der Waals surface area (Å²) in [6, 6.07) is 5.13. The van der Waals surface area contributed by atoms with E-state index in [0.717, 1.165) is 28.6 Å². The van der Waals surface area contributed by atoms with Crippen LogP contribution in [0.5, 0.6) is 0 Å². The first-order valence-electron chi connectivity index (χ1n) is 6.25. The first-order valence-corrected chi connectivity index (χ1v) is 8.14. The van der Waals surface area contributed by atoms with Crippen molar-refractivity contribution in [1.29, 1.82) is 0 Å². The highest BCUT2D eigenvalue weighted by molar-refractivity contribution is 7.90. The maximum atomic E-state index is 11.6. The quantitative estimate of drug-likeness (QED) is 0.901. The number of nitrogens with one attached hydrogen (secondary N) is 1. The summed E-state index contributed by atoms with van der Waals surface area (Å²) >= 11 is 0. The van der Waals surface area contributed by atoms with Gasteiger partial charge >= 0.3 is 0 Å². The Morgan fingerprint density at radius 3 is 2.63 bits per heavy atom. The molecule has 1 atom stereocenters. The van der Waals surface area contributed by atoms with Crippen LogP contribution in [0, 0.1) is 12.8 Å². The topological polar surface area (TPSA) is 70.2 Å². The van der Waals surface area contributed by atoms with Crippen molar-refractivity contribution < 1.29 is 13.5 Å². The van der Waals surface area contributed by atoms with Crippen molar-refractivity contribution in [3.63, 3.8) is 0 Å². The van der Waals surface area contributed by atoms with Crippen LogP contribution in [0.3, 0.4) is 0 Å². The summed E-state index contributed by atoms with van der Waals surface area (Å²) in [5.41, 5.74) is 3.05. The van der Waals surface area contributed by atoms with Crippen LogP contribution in [0.25, 0.3) is 10.9 Å². The first kappa shape index (κ1) is 14.1. The molecule has 2 aromatic rings. The number of aromatic amines is 1. The molecule has 4 nitrogen and oxygen atoms in total. The van der Waals surface area contributed by atoms with Gasteiger partial charge in [0, 0.05) is 29.5 Å². The summed E-state index contributed by atoms with van der Waals surface area (Å²) in [6.45, 7) is 4.07. The third-order valence-corrected chi connectivity index (χ3v) is 4.49. The maximum Gasteiger partial charge on any atom is 0.175 e. The van der Waals surface area contributed by atoms with E-state index in [1.54, 1.807) is 18.2 Å². The van der Waals surface area contributed by atoms with Gasteiger partial charge in [-0.3, -0.25) is 0 Å². The van der Waals surface area contributed by atoms with Crippen molar-refractivity contribution >= 4 is 20.7 Å². The molecule has 0 aliphatic rings. The molecule has 1 heterocycles. The number of benzene rings is 1. The van der Waals surface area contributed by atoms with Gasteiger partial charge in [-0.15, -0.1) is 0 Å². The van der Waals surface area contributed by atoms with E-state index in [9.17, 15) is 13.5 Å². The molecule has 0 saturated heterocycles. The fourth-order valence-electron chi connectivity index (χ4n) is 2.27. The number of hydrogen-bond donors (Lipinski definition) is 2. The minimum absolute atomic E-state index is 0.123. The molecule has 19 heavy (non-hydrogen) atoms. The van der Waals surface area contributed by atoms with Crippen LogP contribution >= 0.6 is 0 Å². The van der Waals surface area contributed by atoms with Crippen LogP contribution in [0.4, 0.5) is 0 Å². The minimum atomic E-state index is -3.20. The zero-order valence-electron chi connectivity index (χ0n) is 11.4.